The van der Waals surface area contributed by atoms with Crippen LogP contribution in [0.2, 0.25) is 0 Å². The van der Waals surface area contributed by atoms with Gasteiger partial charge in [0, 0.05) is 11.6 Å². The molecule has 0 unspecified atom stereocenters. The first-order valence-corrected chi connectivity index (χ1v) is 6.27. The molecule has 0 aromatic heterocycles. The van der Waals surface area contributed by atoms with Gasteiger partial charge in [0.05, 0.1) is 18.1 Å². The number of hydrogen-bond donors (Lipinski definition) is 0. The van der Waals surface area contributed by atoms with Gasteiger partial charge in [0.1, 0.15) is 17.9 Å². The monoisotopic (exact) mass is 263 g/mol. The lowest BCUT2D eigenvalue weighted by atomic mass is 9.89. The quantitative estimate of drug-likeness (QED) is 0.556. The van der Waals surface area contributed by atoms with E-state index < -0.39 is 5.82 Å². The van der Waals surface area contributed by atoms with Crippen LogP contribution in [-0.2, 0) is 0 Å². The van der Waals surface area contributed by atoms with Gasteiger partial charge in [0.2, 0.25) is 0 Å². The van der Waals surface area contributed by atoms with E-state index >= 15 is 0 Å². The Morgan fingerprint density at radius 3 is 2.74 bits per heavy atom. The van der Waals surface area contributed by atoms with Crippen molar-refractivity contribution in [2.45, 2.75) is 33.1 Å². The Balaban J connectivity index is 2.36. The molecule has 0 aliphatic carbocycles. The molecule has 3 nitrogen and oxygen atoms in total. The molecule has 0 aliphatic rings. The summed E-state index contributed by atoms with van der Waals surface area (Å²) in [7, 11) is 0. The minimum absolute atomic E-state index is 0.264. The average molecular weight is 263 g/mol. The summed E-state index contributed by atoms with van der Waals surface area (Å²) in [5.74, 6) is -0.119. The third-order valence-electron chi connectivity index (χ3n) is 2.80. The Morgan fingerprint density at radius 1 is 1.37 bits per heavy atom. The number of rotatable bonds is 7. The van der Waals surface area contributed by atoms with Crippen molar-refractivity contribution in [3.8, 4) is 11.8 Å². The lowest BCUT2D eigenvalue weighted by Gasteiger charge is -2.14. The maximum atomic E-state index is 13.1. The van der Waals surface area contributed by atoms with E-state index in [2.05, 4.69) is 6.07 Å². The van der Waals surface area contributed by atoms with Crippen LogP contribution in [0.3, 0.4) is 0 Å². The predicted molar refractivity (Wildman–Crippen MR) is 70.5 cm³/mol. The molecule has 1 aromatic carbocycles. The molecule has 1 rings (SSSR count). The van der Waals surface area contributed by atoms with Crippen molar-refractivity contribution >= 4 is 6.29 Å². The molecular weight excluding hydrogens is 245 g/mol. The molecule has 19 heavy (non-hydrogen) atoms. The summed E-state index contributed by atoms with van der Waals surface area (Å²) in [6.45, 7) is 4.25. The highest BCUT2D eigenvalue weighted by molar-refractivity contribution is 5.75. The molecule has 0 bridgehead atoms. The maximum absolute atomic E-state index is 13.1. The van der Waals surface area contributed by atoms with Crippen molar-refractivity contribution in [2.24, 2.45) is 5.41 Å². The fraction of sp³-hybridized carbons (Fsp3) is 0.467. The molecule has 0 atom stereocenters. The molecule has 0 heterocycles. The van der Waals surface area contributed by atoms with Crippen molar-refractivity contribution in [1.29, 1.82) is 5.26 Å². The smallest absolute Gasteiger partial charge is 0.150 e. The molecule has 0 radical (unpaired) electrons. The number of carbonyl (C=O) groups excluding carboxylic acids is 1. The molecule has 0 saturated carbocycles. The van der Waals surface area contributed by atoms with E-state index in [0.717, 1.165) is 25.3 Å². The number of nitriles is 1. The standard InChI is InChI=1S/C15H18FNO2/c1-15(2,11-17)5-3-4-6-19-14-8-12(10-18)7-13(16)9-14/h7-10H,3-6H2,1-2H3. The molecule has 0 fully saturated rings. The molecule has 0 amide bonds. The Kier molecular flexibility index (Phi) is 5.50. The summed E-state index contributed by atoms with van der Waals surface area (Å²) in [6.07, 6.45) is 3.05. The van der Waals surface area contributed by atoms with Crippen molar-refractivity contribution in [1.82, 2.24) is 0 Å². The van der Waals surface area contributed by atoms with Crippen molar-refractivity contribution in [3.63, 3.8) is 0 Å². The first kappa shape index (κ1) is 15.2. The number of hydrogen-bond acceptors (Lipinski definition) is 3. The van der Waals surface area contributed by atoms with Crippen LogP contribution in [-0.4, -0.2) is 12.9 Å². The van der Waals surface area contributed by atoms with E-state index in [1.807, 2.05) is 13.8 Å². The molecule has 1 aromatic rings. The Labute approximate surface area is 113 Å². The van der Waals surface area contributed by atoms with Crippen molar-refractivity contribution < 1.29 is 13.9 Å². The SMILES string of the molecule is CC(C)(C#N)CCCCOc1cc(F)cc(C=O)c1. The van der Waals surface area contributed by atoms with Gasteiger partial charge in [0.15, 0.2) is 0 Å². The van der Waals surface area contributed by atoms with Crippen LogP contribution in [0.1, 0.15) is 43.5 Å². The highest BCUT2D eigenvalue weighted by Crippen LogP contribution is 2.22. The van der Waals surface area contributed by atoms with E-state index in [1.165, 1.54) is 12.1 Å². The number of ether oxygens (including phenoxy) is 1. The van der Waals surface area contributed by atoms with Gasteiger partial charge in [-0.05, 0) is 45.2 Å². The first-order valence-electron chi connectivity index (χ1n) is 6.27. The van der Waals surface area contributed by atoms with Gasteiger partial charge in [-0.2, -0.15) is 5.26 Å². The molecule has 0 N–H and O–H groups in total. The van der Waals surface area contributed by atoms with E-state index in [4.69, 9.17) is 10.00 Å². The van der Waals surface area contributed by atoms with E-state index in [9.17, 15) is 9.18 Å². The molecule has 0 aliphatic heterocycles. The van der Waals surface area contributed by atoms with Crippen LogP contribution in [0.5, 0.6) is 5.75 Å². The zero-order chi connectivity index (χ0) is 14.3. The van der Waals surface area contributed by atoms with Gasteiger partial charge in [-0.3, -0.25) is 4.79 Å². The van der Waals surface area contributed by atoms with Crippen molar-refractivity contribution in [3.05, 3.63) is 29.6 Å². The van der Waals surface area contributed by atoms with Crippen LogP contribution in [0, 0.1) is 22.6 Å². The minimum atomic E-state index is -0.481. The molecular formula is C15H18FNO2. The van der Waals surface area contributed by atoms with Crippen LogP contribution >= 0.6 is 0 Å². The van der Waals surface area contributed by atoms with E-state index in [1.54, 1.807) is 0 Å². The van der Waals surface area contributed by atoms with Gasteiger partial charge >= 0.3 is 0 Å². The van der Waals surface area contributed by atoms with Crippen LogP contribution in [0.4, 0.5) is 4.39 Å². The molecule has 0 spiro atoms. The Hall–Kier alpha value is -1.89. The second-order valence-corrected chi connectivity index (χ2v) is 5.14. The predicted octanol–water partition coefficient (Wildman–Crippen LogP) is 3.74. The summed E-state index contributed by atoms with van der Waals surface area (Å²) in [5, 5.41) is 8.86. The highest BCUT2D eigenvalue weighted by atomic mass is 19.1. The number of benzene rings is 1. The third-order valence-corrected chi connectivity index (χ3v) is 2.80. The summed E-state index contributed by atoms with van der Waals surface area (Å²) in [5.41, 5.74) is -0.0515. The number of nitrogens with zero attached hydrogens (tertiary/aromatic N) is 1. The lowest BCUT2D eigenvalue weighted by molar-refractivity contribution is 0.112. The number of carbonyl (C=O) groups is 1. The average Bonchev–Trinajstić information content (AvgIpc) is 2.37. The van der Waals surface area contributed by atoms with Gasteiger partial charge in [-0.25, -0.2) is 4.39 Å². The molecule has 0 saturated heterocycles. The molecule has 4 heteroatoms. The maximum Gasteiger partial charge on any atom is 0.150 e. The van der Waals surface area contributed by atoms with E-state index in [-0.39, 0.29) is 11.0 Å². The van der Waals surface area contributed by atoms with E-state index in [0.29, 0.717) is 18.6 Å². The third kappa shape index (κ3) is 5.52. The van der Waals surface area contributed by atoms with Crippen LogP contribution in [0.15, 0.2) is 18.2 Å². The van der Waals surface area contributed by atoms with Crippen LogP contribution < -0.4 is 4.74 Å². The van der Waals surface area contributed by atoms with Crippen LogP contribution in [0.25, 0.3) is 0 Å². The fourth-order valence-electron chi connectivity index (χ4n) is 1.65. The summed E-state index contributed by atoms with van der Waals surface area (Å²) in [6, 6.07) is 6.17. The zero-order valence-corrected chi connectivity index (χ0v) is 11.3. The normalized spacial score (nSPS) is 10.8. The number of aldehydes is 1. The highest BCUT2D eigenvalue weighted by Gasteiger charge is 2.15. The summed E-state index contributed by atoms with van der Waals surface area (Å²) >= 11 is 0. The zero-order valence-electron chi connectivity index (χ0n) is 11.3. The lowest BCUT2D eigenvalue weighted by Crippen LogP contribution is -2.08. The fourth-order valence-corrected chi connectivity index (χ4v) is 1.65. The second-order valence-electron chi connectivity index (χ2n) is 5.14. The summed E-state index contributed by atoms with van der Waals surface area (Å²) < 4.78 is 18.5. The number of unbranched alkanes of at least 4 members (excludes halogenated alkanes) is 1. The minimum Gasteiger partial charge on any atom is -0.493 e. The second kappa shape index (κ2) is 6.89. The number of halogens is 1. The Morgan fingerprint density at radius 2 is 2.11 bits per heavy atom. The topological polar surface area (TPSA) is 50.1 Å². The van der Waals surface area contributed by atoms with Gasteiger partial charge in [-0.15, -0.1) is 0 Å². The van der Waals surface area contributed by atoms with Gasteiger partial charge < -0.3 is 4.74 Å². The van der Waals surface area contributed by atoms with Gasteiger partial charge in [0.25, 0.3) is 0 Å². The largest absolute Gasteiger partial charge is 0.493 e. The molecule has 102 valence electrons. The summed E-state index contributed by atoms with van der Waals surface area (Å²) in [4.78, 5) is 10.6. The first-order chi connectivity index (χ1) is 8.96. The van der Waals surface area contributed by atoms with Crippen molar-refractivity contribution in [2.75, 3.05) is 6.61 Å². The van der Waals surface area contributed by atoms with Gasteiger partial charge in [-0.1, -0.05) is 0 Å². The Bertz CT molecular complexity index is 478.